The summed E-state index contributed by atoms with van der Waals surface area (Å²) in [6.07, 6.45) is 3.53. The smallest absolute Gasteiger partial charge is 0.235 e. The summed E-state index contributed by atoms with van der Waals surface area (Å²) in [5.41, 5.74) is 1.99. The lowest BCUT2D eigenvalue weighted by molar-refractivity contribution is -0.125. The topological polar surface area (TPSA) is 59.1 Å². The van der Waals surface area contributed by atoms with Gasteiger partial charge >= 0.3 is 0 Å². The summed E-state index contributed by atoms with van der Waals surface area (Å²) in [5.74, 6) is 1.60. The zero-order valence-corrected chi connectivity index (χ0v) is 23.2. The standard InChI is InChI=1S/C30H39ClN2O4/c1-5-22(34)18-25-24-8-6-7-9-27(24)33(30(25)35)21-12-15-32(16-13-21)17-14-28(20(2)3)37-29-19-23(36-4)10-11-26(29)31/h6-11,19-21,25,28H,5,12-18H2,1-4H3. The van der Waals surface area contributed by atoms with Crippen LogP contribution in [-0.2, 0) is 9.59 Å². The molecule has 0 aromatic heterocycles. The van der Waals surface area contributed by atoms with E-state index in [1.807, 2.05) is 48.2 Å². The molecule has 1 fully saturated rings. The second-order valence-electron chi connectivity index (χ2n) is 10.5. The average Bonchev–Trinajstić information content (AvgIpc) is 3.18. The Balaban J connectivity index is 1.35. The highest BCUT2D eigenvalue weighted by Crippen LogP contribution is 2.42. The summed E-state index contributed by atoms with van der Waals surface area (Å²) in [5, 5.41) is 0.585. The molecule has 0 aliphatic carbocycles. The molecule has 2 aromatic rings. The van der Waals surface area contributed by atoms with Crippen molar-refractivity contribution in [3.05, 3.63) is 53.1 Å². The number of hydrogen-bond acceptors (Lipinski definition) is 5. The lowest BCUT2D eigenvalue weighted by Crippen LogP contribution is -2.47. The van der Waals surface area contributed by atoms with E-state index in [9.17, 15) is 9.59 Å². The second-order valence-corrected chi connectivity index (χ2v) is 10.9. The number of Topliss-reactive ketones (excluding diaryl/α,β-unsaturated/α-hetero) is 1. The number of hydrogen-bond donors (Lipinski definition) is 0. The van der Waals surface area contributed by atoms with E-state index in [2.05, 4.69) is 18.7 Å². The maximum atomic E-state index is 13.5. The van der Waals surface area contributed by atoms with Gasteiger partial charge in [0.15, 0.2) is 0 Å². The number of likely N-dealkylation sites (tertiary alicyclic amines) is 1. The molecule has 0 N–H and O–H groups in total. The van der Waals surface area contributed by atoms with Crippen molar-refractivity contribution in [2.24, 2.45) is 5.92 Å². The number of anilines is 1. The Morgan fingerprint density at radius 3 is 2.54 bits per heavy atom. The van der Waals surface area contributed by atoms with Crippen molar-refractivity contribution in [2.45, 2.75) is 70.9 Å². The molecule has 1 amide bonds. The minimum atomic E-state index is -0.339. The van der Waals surface area contributed by atoms with E-state index < -0.39 is 0 Å². The van der Waals surface area contributed by atoms with Crippen LogP contribution >= 0.6 is 11.6 Å². The molecule has 1 saturated heterocycles. The van der Waals surface area contributed by atoms with Crippen molar-refractivity contribution in [1.82, 2.24) is 4.90 Å². The first-order valence-electron chi connectivity index (χ1n) is 13.5. The van der Waals surface area contributed by atoms with Crippen LogP contribution in [0.25, 0.3) is 0 Å². The van der Waals surface area contributed by atoms with Crippen molar-refractivity contribution in [3.8, 4) is 11.5 Å². The highest BCUT2D eigenvalue weighted by Gasteiger charge is 2.41. The number of halogens is 1. The van der Waals surface area contributed by atoms with Crippen LogP contribution in [0.5, 0.6) is 11.5 Å². The van der Waals surface area contributed by atoms with Gasteiger partial charge in [-0.25, -0.2) is 0 Å². The maximum absolute atomic E-state index is 13.5. The Bertz CT molecular complexity index is 1100. The summed E-state index contributed by atoms with van der Waals surface area (Å²) < 4.78 is 11.7. The Labute approximate surface area is 225 Å². The number of amides is 1. The molecule has 2 unspecified atom stereocenters. The van der Waals surface area contributed by atoms with Gasteiger partial charge in [-0.1, -0.05) is 50.6 Å². The molecular weight excluding hydrogens is 488 g/mol. The molecule has 4 rings (SSSR count). The maximum Gasteiger partial charge on any atom is 0.235 e. The quantitative estimate of drug-likeness (QED) is 0.354. The number of para-hydroxylation sites is 1. The molecule has 0 spiro atoms. The van der Waals surface area contributed by atoms with Gasteiger partial charge in [0.2, 0.25) is 5.91 Å². The van der Waals surface area contributed by atoms with Crippen LogP contribution in [0.15, 0.2) is 42.5 Å². The third-order valence-electron chi connectivity index (χ3n) is 7.75. The average molecular weight is 527 g/mol. The molecule has 0 bridgehead atoms. The van der Waals surface area contributed by atoms with E-state index in [0.29, 0.717) is 29.5 Å². The first-order valence-corrected chi connectivity index (χ1v) is 13.9. The number of nitrogens with zero attached hydrogens (tertiary/aromatic N) is 2. The van der Waals surface area contributed by atoms with E-state index in [4.69, 9.17) is 21.1 Å². The molecule has 0 saturated carbocycles. The third kappa shape index (κ3) is 6.29. The Morgan fingerprint density at radius 1 is 1.14 bits per heavy atom. The Kier molecular flexibility index (Phi) is 9.14. The minimum absolute atomic E-state index is 0.0335. The number of rotatable bonds is 11. The van der Waals surface area contributed by atoms with Crippen LogP contribution in [0.1, 0.15) is 64.4 Å². The van der Waals surface area contributed by atoms with Crippen LogP contribution < -0.4 is 14.4 Å². The molecule has 200 valence electrons. The zero-order valence-electron chi connectivity index (χ0n) is 22.4. The van der Waals surface area contributed by atoms with E-state index in [1.165, 1.54) is 0 Å². The molecule has 2 aliphatic heterocycles. The third-order valence-corrected chi connectivity index (χ3v) is 8.06. The monoisotopic (exact) mass is 526 g/mol. The number of carbonyl (C=O) groups excluding carboxylic acids is 2. The van der Waals surface area contributed by atoms with Gasteiger partial charge in [0, 0.05) is 50.3 Å². The SMILES string of the molecule is CCC(=O)CC1C(=O)N(C2CCN(CCC(Oc3cc(OC)ccc3Cl)C(C)C)CC2)c2ccccc21. The first kappa shape index (κ1) is 27.5. The van der Waals surface area contributed by atoms with Crippen LogP contribution in [0.4, 0.5) is 5.69 Å². The van der Waals surface area contributed by atoms with E-state index in [0.717, 1.165) is 55.9 Å². The van der Waals surface area contributed by atoms with E-state index in [-0.39, 0.29) is 29.8 Å². The fraction of sp³-hybridized carbons (Fsp3) is 0.533. The number of ether oxygens (including phenoxy) is 2. The predicted molar refractivity (Wildman–Crippen MR) is 148 cm³/mol. The minimum Gasteiger partial charge on any atom is -0.497 e. The van der Waals surface area contributed by atoms with Gasteiger partial charge in [-0.2, -0.15) is 0 Å². The van der Waals surface area contributed by atoms with Gasteiger partial charge in [0.25, 0.3) is 0 Å². The number of fused-ring (bicyclic) bond motifs is 1. The molecular formula is C30H39ClN2O4. The summed E-state index contributed by atoms with van der Waals surface area (Å²) in [4.78, 5) is 30.1. The van der Waals surface area contributed by atoms with Gasteiger partial charge in [-0.05, 0) is 48.9 Å². The molecule has 2 aliphatic rings. The van der Waals surface area contributed by atoms with Crippen molar-refractivity contribution >= 4 is 29.0 Å². The van der Waals surface area contributed by atoms with Crippen molar-refractivity contribution in [2.75, 3.05) is 31.6 Å². The molecule has 2 atom stereocenters. The number of carbonyl (C=O) groups is 2. The summed E-state index contributed by atoms with van der Waals surface area (Å²) in [6.45, 7) is 8.98. The van der Waals surface area contributed by atoms with Crippen molar-refractivity contribution in [3.63, 3.8) is 0 Å². The summed E-state index contributed by atoms with van der Waals surface area (Å²) in [6, 6.07) is 13.6. The predicted octanol–water partition coefficient (Wildman–Crippen LogP) is 6.11. The van der Waals surface area contributed by atoms with Gasteiger partial charge in [-0.15, -0.1) is 0 Å². The highest BCUT2D eigenvalue weighted by molar-refractivity contribution is 6.32. The second kappa shape index (κ2) is 12.3. The van der Waals surface area contributed by atoms with Gasteiger partial charge < -0.3 is 19.3 Å². The van der Waals surface area contributed by atoms with Crippen LogP contribution in [0.2, 0.25) is 5.02 Å². The molecule has 2 aromatic carbocycles. The van der Waals surface area contributed by atoms with Gasteiger partial charge in [0.1, 0.15) is 23.4 Å². The van der Waals surface area contributed by atoms with Crippen molar-refractivity contribution < 1.29 is 19.1 Å². The van der Waals surface area contributed by atoms with E-state index in [1.54, 1.807) is 13.2 Å². The van der Waals surface area contributed by atoms with E-state index >= 15 is 0 Å². The lowest BCUT2D eigenvalue weighted by Gasteiger charge is -2.38. The number of piperidine rings is 1. The van der Waals surface area contributed by atoms with Crippen LogP contribution in [-0.4, -0.2) is 55.5 Å². The van der Waals surface area contributed by atoms with Crippen molar-refractivity contribution in [1.29, 1.82) is 0 Å². The number of benzene rings is 2. The number of methoxy groups -OCH3 is 1. The number of ketones is 1. The van der Waals surface area contributed by atoms with Gasteiger partial charge in [0.05, 0.1) is 18.1 Å². The summed E-state index contributed by atoms with van der Waals surface area (Å²) >= 11 is 6.38. The molecule has 7 heteroatoms. The molecule has 6 nitrogen and oxygen atoms in total. The largest absolute Gasteiger partial charge is 0.497 e. The van der Waals surface area contributed by atoms with Gasteiger partial charge in [-0.3, -0.25) is 9.59 Å². The fourth-order valence-corrected chi connectivity index (χ4v) is 5.63. The normalized spacial score (nSPS) is 19.2. The lowest BCUT2D eigenvalue weighted by atomic mass is 9.94. The first-order chi connectivity index (χ1) is 17.8. The van der Waals surface area contributed by atoms with Crippen LogP contribution in [0, 0.1) is 5.92 Å². The Morgan fingerprint density at radius 2 is 1.86 bits per heavy atom. The molecule has 2 heterocycles. The molecule has 0 radical (unpaired) electrons. The van der Waals surface area contributed by atoms with Crippen LogP contribution in [0.3, 0.4) is 0 Å². The fourth-order valence-electron chi connectivity index (χ4n) is 5.47. The highest BCUT2D eigenvalue weighted by atomic mass is 35.5. The zero-order chi connectivity index (χ0) is 26.5. The molecule has 37 heavy (non-hydrogen) atoms. The summed E-state index contributed by atoms with van der Waals surface area (Å²) in [7, 11) is 1.63. The Hall–Kier alpha value is -2.57.